The molecule has 1 aromatic carbocycles. The van der Waals surface area contributed by atoms with Crippen molar-refractivity contribution in [3.8, 4) is 0 Å². The van der Waals surface area contributed by atoms with Crippen molar-refractivity contribution in [1.29, 1.82) is 0 Å². The van der Waals surface area contributed by atoms with E-state index in [1.807, 2.05) is 7.05 Å². The molecule has 2 rings (SSSR count). The average Bonchev–Trinajstić information content (AvgIpc) is 2.55. The van der Waals surface area contributed by atoms with Crippen molar-refractivity contribution in [2.45, 2.75) is 58.9 Å². The summed E-state index contributed by atoms with van der Waals surface area (Å²) in [5, 5.41) is 6.87. The molecule has 0 bridgehead atoms. The lowest BCUT2D eigenvalue weighted by Crippen LogP contribution is -2.59. The lowest BCUT2D eigenvalue weighted by Gasteiger charge is -2.45. The second-order valence-electron chi connectivity index (χ2n) is 7.74. The fourth-order valence-electron chi connectivity index (χ4n) is 3.20. The highest BCUT2D eigenvalue weighted by atomic mass is 127. The Hall–Kier alpha value is -0.860. The number of nitrogens with zero attached hydrogens (tertiary/aromatic N) is 2. The van der Waals surface area contributed by atoms with Crippen LogP contribution in [0.2, 0.25) is 0 Å². The summed E-state index contributed by atoms with van der Waals surface area (Å²) in [6, 6.07) is 8.57. The van der Waals surface area contributed by atoms with Gasteiger partial charge in [0, 0.05) is 38.8 Å². The molecule has 148 valence electrons. The van der Waals surface area contributed by atoms with Crippen LogP contribution in [0.25, 0.3) is 0 Å². The maximum atomic E-state index is 5.86. The van der Waals surface area contributed by atoms with Crippen LogP contribution in [0.15, 0.2) is 29.3 Å². The van der Waals surface area contributed by atoms with Crippen LogP contribution in [0, 0.1) is 6.92 Å². The molecule has 1 fully saturated rings. The SMILES string of the molecule is CN=C(NCc1ccc(C)cc1)NCC(C)(C)N1CC(C)OC(C)C1.I. The number of rotatable bonds is 5. The minimum absolute atomic E-state index is 0. The highest BCUT2D eigenvalue weighted by Gasteiger charge is 2.33. The Morgan fingerprint density at radius 1 is 1.15 bits per heavy atom. The quantitative estimate of drug-likeness (QED) is 0.391. The summed E-state index contributed by atoms with van der Waals surface area (Å²) in [7, 11) is 1.82. The van der Waals surface area contributed by atoms with Crippen LogP contribution >= 0.6 is 24.0 Å². The molecule has 0 radical (unpaired) electrons. The Morgan fingerprint density at radius 2 is 1.73 bits per heavy atom. The monoisotopic (exact) mass is 474 g/mol. The Labute approximate surface area is 176 Å². The summed E-state index contributed by atoms with van der Waals surface area (Å²) in [5.74, 6) is 0.836. The van der Waals surface area contributed by atoms with Crippen LogP contribution < -0.4 is 10.6 Å². The number of halogens is 1. The Morgan fingerprint density at radius 3 is 2.27 bits per heavy atom. The van der Waals surface area contributed by atoms with Gasteiger partial charge in [-0.25, -0.2) is 0 Å². The first-order valence-electron chi connectivity index (χ1n) is 9.21. The summed E-state index contributed by atoms with van der Waals surface area (Å²) in [6.07, 6.45) is 0.559. The highest BCUT2D eigenvalue weighted by Crippen LogP contribution is 2.20. The maximum absolute atomic E-state index is 5.86. The van der Waals surface area contributed by atoms with Gasteiger partial charge in [-0.1, -0.05) is 29.8 Å². The van der Waals surface area contributed by atoms with E-state index in [1.165, 1.54) is 11.1 Å². The number of morpholine rings is 1. The number of ether oxygens (including phenoxy) is 1. The molecular weight excluding hydrogens is 439 g/mol. The van der Waals surface area contributed by atoms with E-state index in [1.54, 1.807) is 0 Å². The summed E-state index contributed by atoms with van der Waals surface area (Å²) in [5.41, 5.74) is 2.57. The second kappa shape index (κ2) is 10.5. The smallest absolute Gasteiger partial charge is 0.191 e. The van der Waals surface area contributed by atoms with Crippen LogP contribution in [0.3, 0.4) is 0 Å². The lowest BCUT2D eigenvalue weighted by atomic mass is 10.00. The first kappa shape index (κ1) is 23.2. The fraction of sp³-hybridized carbons (Fsp3) is 0.650. The third kappa shape index (κ3) is 7.04. The van der Waals surface area contributed by atoms with Crippen molar-refractivity contribution in [2.75, 3.05) is 26.7 Å². The van der Waals surface area contributed by atoms with Gasteiger partial charge in [-0.05, 0) is 40.2 Å². The first-order valence-corrected chi connectivity index (χ1v) is 9.21. The summed E-state index contributed by atoms with van der Waals surface area (Å²) in [6.45, 7) is 14.5. The van der Waals surface area contributed by atoms with Crippen molar-refractivity contribution in [3.05, 3.63) is 35.4 Å². The fourth-order valence-corrected chi connectivity index (χ4v) is 3.20. The van der Waals surface area contributed by atoms with Gasteiger partial charge in [0.2, 0.25) is 0 Å². The molecule has 1 heterocycles. The van der Waals surface area contributed by atoms with E-state index >= 15 is 0 Å². The molecule has 1 aliphatic heterocycles. The predicted molar refractivity (Wildman–Crippen MR) is 120 cm³/mol. The molecule has 0 saturated carbocycles. The molecule has 0 aromatic heterocycles. The Kier molecular flexibility index (Phi) is 9.33. The molecule has 2 atom stereocenters. The van der Waals surface area contributed by atoms with Crippen LogP contribution in [-0.2, 0) is 11.3 Å². The number of hydrogen-bond acceptors (Lipinski definition) is 3. The van der Waals surface area contributed by atoms with Crippen molar-refractivity contribution in [2.24, 2.45) is 4.99 Å². The van der Waals surface area contributed by atoms with Gasteiger partial charge >= 0.3 is 0 Å². The molecule has 5 nitrogen and oxygen atoms in total. The molecule has 0 amide bonds. The summed E-state index contributed by atoms with van der Waals surface area (Å²) >= 11 is 0. The first-order chi connectivity index (χ1) is 11.8. The van der Waals surface area contributed by atoms with Crippen molar-refractivity contribution < 1.29 is 4.74 Å². The number of benzene rings is 1. The van der Waals surface area contributed by atoms with E-state index in [9.17, 15) is 0 Å². The highest BCUT2D eigenvalue weighted by molar-refractivity contribution is 14.0. The van der Waals surface area contributed by atoms with Crippen LogP contribution in [0.4, 0.5) is 0 Å². The maximum Gasteiger partial charge on any atom is 0.191 e. The van der Waals surface area contributed by atoms with Gasteiger partial charge in [0.15, 0.2) is 5.96 Å². The van der Waals surface area contributed by atoms with Crippen LogP contribution in [0.1, 0.15) is 38.8 Å². The van der Waals surface area contributed by atoms with Crippen LogP contribution in [-0.4, -0.2) is 55.3 Å². The van der Waals surface area contributed by atoms with Gasteiger partial charge in [-0.2, -0.15) is 0 Å². The minimum atomic E-state index is 0. The molecule has 0 spiro atoms. The number of aliphatic imine (C=N–C) groups is 1. The number of aryl methyl sites for hydroxylation is 1. The molecule has 1 saturated heterocycles. The standard InChI is InChI=1S/C20H34N4O.HI/c1-15-7-9-18(10-8-15)11-22-19(21-6)23-14-20(4,5)24-12-16(2)25-17(3)13-24;/h7-10,16-17H,11-14H2,1-6H3,(H2,21,22,23);1H. The third-order valence-corrected chi connectivity index (χ3v) is 4.77. The molecule has 2 unspecified atom stereocenters. The number of hydrogen-bond donors (Lipinski definition) is 2. The predicted octanol–water partition coefficient (Wildman–Crippen LogP) is 3.17. The van der Waals surface area contributed by atoms with Gasteiger partial charge in [0.25, 0.3) is 0 Å². The minimum Gasteiger partial charge on any atom is -0.373 e. The van der Waals surface area contributed by atoms with E-state index in [-0.39, 0.29) is 41.7 Å². The van der Waals surface area contributed by atoms with E-state index < -0.39 is 0 Å². The molecule has 1 aromatic rings. The van der Waals surface area contributed by atoms with Gasteiger partial charge in [-0.3, -0.25) is 9.89 Å². The van der Waals surface area contributed by atoms with E-state index in [2.05, 4.69) is 79.4 Å². The van der Waals surface area contributed by atoms with E-state index in [4.69, 9.17) is 4.74 Å². The normalized spacial score (nSPS) is 21.8. The molecular formula is C20H35IN4O. The topological polar surface area (TPSA) is 48.9 Å². The number of nitrogens with one attached hydrogen (secondary N) is 2. The third-order valence-electron chi connectivity index (χ3n) is 4.77. The zero-order chi connectivity index (χ0) is 18.4. The van der Waals surface area contributed by atoms with E-state index in [0.717, 1.165) is 32.1 Å². The largest absolute Gasteiger partial charge is 0.373 e. The lowest BCUT2D eigenvalue weighted by molar-refractivity contribution is -0.0946. The zero-order valence-corrected chi connectivity index (χ0v) is 19.3. The van der Waals surface area contributed by atoms with Crippen molar-refractivity contribution in [1.82, 2.24) is 15.5 Å². The summed E-state index contributed by atoms with van der Waals surface area (Å²) < 4.78 is 5.86. The zero-order valence-electron chi connectivity index (χ0n) is 17.0. The second-order valence-corrected chi connectivity index (χ2v) is 7.74. The average molecular weight is 474 g/mol. The Balaban J connectivity index is 0.00000338. The van der Waals surface area contributed by atoms with Gasteiger partial charge in [0.05, 0.1) is 12.2 Å². The molecule has 2 N–H and O–H groups in total. The van der Waals surface area contributed by atoms with Gasteiger partial charge in [-0.15, -0.1) is 24.0 Å². The van der Waals surface area contributed by atoms with Crippen molar-refractivity contribution >= 4 is 29.9 Å². The van der Waals surface area contributed by atoms with Crippen molar-refractivity contribution in [3.63, 3.8) is 0 Å². The number of guanidine groups is 1. The van der Waals surface area contributed by atoms with Crippen LogP contribution in [0.5, 0.6) is 0 Å². The molecule has 0 aliphatic carbocycles. The van der Waals surface area contributed by atoms with Gasteiger partial charge in [0.1, 0.15) is 0 Å². The Bertz CT molecular complexity index is 564. The molecule has 26 heavy (non-hydrogen) atoms. The molecule has 1 aliphatic rings. The molecule has 6 heteroatoms. The summed E-state index contributed by atoms with van der Waals surface area (Å²) in [4.78, 5) is 6.86. The van der Waals surface area contributed by atoms with Gasteiger partial charge < -0.3 is 15.4 Å². The van der Waals surface area contributed by atoms with E-state index in [0.29, 0.717) is 0 Å².